The molecule has 0 aliphatic carbocycles. The van der Waals surface area contributed by atoms with E-state index in [1.54, 1.807) is 0 Å². The van der Waals surface area contributed by atoms with Gasteiger partial charge in [-0.2, -0.15) is 5.10 Å². The van der Waals surface area contributed by atoms with Gasteiger partial charge in [0.15, 0.2) is 0 Å². The van der Waals surface area contributed by atoms with Crippen LogP contribution in [0.3, 0.4) is 0 Å². The number of nitrogens with zero attached hydrogens (tertiary/aromatic N) is 2. The lowest BCUT2D eigenvalue weighted by Gasteiger charge is -2.02. The predicted molar refractivity (Wildman–Crippen MR) is 61.0 cm³/mol. The van der Waals surface area contributed by atoms with Crippen LogP contribution < -0.4 is 0 Å². The number of aromatic nitrogens is 2. The van der Waals surface area contributed by atoms with Gasteiger partial charge in [-0.3, -0.25) is 9.48 Å². The minimum absolute atomic E-state index is 0.170. The molecule has 0 N–H and O–H groups in total. The Bertz CT molecular complexity index is 490. The van der Waals surface area contributed by atoms with Crippen LogP contribution in [0.15, 0.2) is 30.5 Å². The molecule has 2 aromatic rings. The summed E-state index contributed by atoms with van der Waals surface area (Å²) in [4.78, 5) is 11.0. The summed E-state index contributed by atoms with van der Waals surface area (Å²) in [6, 6.07) is 8.03. The van der Waals surface area contributed by atoms with Crippen molar-refractivity contribution in [2.45, 2.75) is 19.4 Å². The molecule has 0 fully saturated rings. The highest BCUT2D eigenvalue weighted by atomic mass is 16.5. The first-order valence-electron chi connectivity index (χ1n) is 5.28. The molecule has 0 unspecified atom stereocenters. The Hall–Kier alpha value is -1.84. The Morgan fingerprint density at radius 3 is 3.06 bits per heavy atom. The molecule has 4 nitrogen and oxygen atoms in total. The number of carbonyl (C=O) groups excluding carboxylic acids is 1. The Labute approximate surface area is 93.8 Å². The summed E-state index contributed by atoms with van der Waals surface area (Å²) in [5.41, 5.74) is 1.10. The zero-order valence-corrected chi connectivity index (χ0v) is 9.22. The van der Waals surface area contributed by atoms with E-state index < -0.39 is 0 Å². The zero-order valence-electron chi connectivity index (χ0n) is 9.22. The smallest absolute Gasteiger partial charge is 0.305 e. The fraction of sp³-hybridized carbons (Fsp3) is 0.333. The normalized spacial score (nSPS) is 10.6. The second-order valence-corrected chi connectivity index (χ2v) is 3.61. The van der Waals surface area contributed by atoms with Crippen molar-refractivity contribution in [1.82, 2.24) is 9.78 Å². The maximum atomic E-state index is 11.0. The summed E-state index contributed by atoms with van der Waals surface area (Å²) in [5.74, 6) is -0.170. The second kappa shape index (κ2) is 4.79. The molecule has 0 atom stereocenters. The first kappa shape index (κ1) is 10.7. The molecule has 0 saturated carbocycles. The first-order valence-corrected chi connectivity index (χ1v) is 5.28. The fourth-order valence-electron chi connectivity index (χ4n) is 1.68. The van der Waals surface area contributed by atoms with Gasteiger partial charge in [-0.05, 0) is 12.5 Å². The number of methoxy groups -OCH3 is 1. The highest BCUT2D eigenvalue weighted by molar-refractivity contribution is 5.78. The van der Waals surface area contributed by atoms with Gasteiger partial charge in [0.05, 0.1) is 18.8 Å². The van der Waals surface area contributed by atoms with E-state index in [1.165, 1.54) is 7.11 Å². The van der Waals surface area contributed by atoms with E-state index in [9.17, 15) is 4.79 Å². The number of ether oxygens (including phenoxy) is 1. The zero-order chi connectivity index (χ0) is 11.4. The Kier molecular flexibility index (Phi) is 3.19. The van der Waals surface area contributed by atoms with Gasteiger partial charge in [0, 0.05) is 18.4 Å². The molecule has 0 amide bonds. The summed E-state index contributed by atoms with van der Waals surface area (Å²) < 4.78 is 6.50. The Morgan fingerprint density at radius 2 is 2.25 bits per heavy atom. The number of fused-ring (bicyclic) bond motifs is 1. The Balaban J connectivity index is 2.02. The number of para-hydroxylation sites is 1. The summed E-state index contributed by atoms with van der Waals surface area (Å²) in [7, 11) is 1.41. The molecular formula is C12H14N2O2. The van der Waals surface area contributed by atoms with Gasteiger partial charge in [0.2, 0.25) is 0 Å². The van der Waals surface area contributed by atoms with E-state index in [-0.39, 0.29) is 5.97 Å². The van der Waals surface area contributed by atoms with Crippen molar-refractivity contribution >= 4 is 16.9 Å². The highest BCUT2D eigenvalue weighted by Gasteiger charge is 2.03. The highest BCUT2D eigenvalue weighted by Crippen LogP contribution is 2.13. The minimum atomic E-state index is -0.170. The predicted octanol–water partition coefficient (Wildman–Crippen LogP) is 1.99. The SMILES string of the molecule is COC(=O)CCCn1ncc2ccccc21. The lowest BCUT2D eigenvalue weighted by molar-refractivity contribution is -0.140. The Morgan fingerprint density at radius 1 is 1.44 bits per heavy atom. The van der Waals surface area contributed by atoms with Gasteiger partial charge in [-0.1, -0.05) is 18.2 Å². The van der Waals surface area contributed by atoms with Crippen LogP contribution in [0.1, 0.15) is 12.8 Å². The number of hydrogen-bond donors (Lipinski definition) is 0. The van der Waals surface area contributed by atoms with E-state index >= 15 is 0 Å². The van der Waals surface area contributed by atoms with Crippen LogP contribution in [0.2, 0.25) is 0 Å². The number of benzene rings is 1. The van der Waals surface area contributed by atoms with Crippen LogP contribution in [0.4, 0.5) is 0 Å². The molecule has 84 valence electrons. The van der Waals surface area contributed by atoms with Crippen LogP contribution in [0.5, 0.6) is 0 Å². The van der Waals surface area contributed by atoms with Gasteiger partial charge in [0.25, 0.3) is 0 Å². The monoisotopic (exact) mass is 218 g/mol. The third-order valence-corrected chi connectivity index (χ3v) is 2.53. The third kappa shape index (κ3) is 2.21. The van der Waals surface area contributed by atoms with Crippen molar-refractivity contribution in [3.05, 3.63) is 30.5 Å². The van der Waals surface area contributed by atoms with Crippen molar-refractivity contribution in [2.24, 2.45) is 0 Å². The molecule has 0 aliphatic rings. The van der Waals surface area contributed by atoms with Crippen molar-refractivity contribution < 1.29 is 9.53 Å². The number of hydrogen-bond acceptors (Lipinski definition) is 3. The molecule has 1 aromatic heterocycles. The van der Waals surface area contributed by atoms with Gasteiger partial charge in [-0.15, -0.1) is 0 Å². The van der Waals surface area contributed by atoms with E-state index in [0.717, 1.165) is 23.9 Å². The molecule has 4 heteroatoms. The van der Waals surface area contributed by atoms with Crippen LogP contribution in [-0.4, -0.2) is 22.9 Å². The summed E-state index contributed by atoms with van der Waals surface area (Å²) in [6.45, 7) is 0.739. The quantitative estimate of drug-likeness (QED) is 0.737. The molecular weight excluding hydrogens is 204 g/mol. The largest absolute Gasteiger partial charge is 0.469 e. The lowest BCUT2D eigenvalue weighted by Crippen LogP contribution is -2.05. The summed E-state index contributed by atoms with van der Waals surface area (Å²) in [5, 5.41) is 5.41. The molecule has 16 heavy (non-hydrogen) atoms. The summed E-state index contributed by atoms with van der Waals surface area (Å²) >= 11 is 0. The number of rotatable bonds is 4. The van der Waals surface area contributed by atoms with Gasteiger partial charge in [-0.25, -0.2) is 0 Å². The topological polar surface area (TPSA) is 44.1 Å². The fourth-order valence-corrected chi connectivity index (χ4v) is 1.68. The number of aryl methyl sites for hydroxylation is 1. The second-order valence-electron chi connectivity index (χ2n) is 3.61. The van der Waals surface area contributed by atoms with Crippen LogP contribution in [0.25, 0.3) is 10.9 Å². The van der Waals surface area contributed by atoms with E-state index in [0.29, 0.717) is 6.42 Å². The average Bonchev–Trinajstić information content (AvgIpc) is 2.73. The first-order chi connectivity index (χ1) is 7.81. The maximum absolute atomic E-state index is 11.0. The molecule has 0 aliphatic heterocycles. The average molecular weight is 218 g/mol. The minimum Gasteiger partial charge on any atom is -0.469 e. The maximum Gasteiger partial charge on any atom is 0.305 e. The molecule has 0 spiro atoms. The van der Waals surface area contributed by atoms with Crippen LogP contribution in [-0.2, 0) is 16.1 Å². The van der Waals surface area contributed by atoms with E-state index in [4.69, 9.17) is 0 Å². The lowest BCUT2D eigenvalue weighted by atomic mass is 10.2. The van der Waals surface area contributed by atoms with Gasteiger partial charge < -0.3 is 4.74 Å². The summed E-state index contributed by atoms with van der Waals surface area (Å²) in [6.07, 6.45) is 3.02. The standard InChI is InChI=1S/C12H14N2O2/c1-16-12(15)7-4-8-14-11-6-3-2-5-10(11)9-13-14/h2-3,5-6,9H,4,7-8H2,1H3. The van der Waals surface area contributed by atoms with E-state index in [2.05, 4.69) is 9.84 Å². The third-order valence-electron chi connectivity index (χ3n) is 2.53. The molecule has 0 saturated heterocycles. The molecule has 2 rings (SSSR count). The van der Waals surface area contributed by atoms with Crippen molar-refractivity contribution in [2.75, 3.05) is 7.11 Å². The molecule has 0 radical (unpaired) electrons. The molecule has 1 heterocycles. The van der Waals surface area contributed by atoms with Gasteiger partial charge >= 0.3 is 5.97 Å². The van der Waals surface area contributed by atoms with Gasteiger partial charge in [0.1, 0.15) is 0 Å². The van der Waals surface area contributed by atoms with Crippen molar-refractivity contribution in [3.8, 4) is 0 Å². The molecule has 1 aromatic carbocycles. The van der Waals surface area contributed by atoms with Crippen LogP contribution >= 0.6 is 0 Å². The number of esters is 1. The van der Waals surface area contributed by atoms with E-state index in [1.807, 2.05) is 35.1 Å². The van der Waals surface area contributed by atoms with Crippen LogP contribution in [0, 0.1) is 0 Å². The van der Waals surface area contributed by atoms with Crippen molar-refractivity contribution in [1.29, 1.82) is 0 Å². The molecule has 0 bridgehead atoms. The van der Waals surface area contributed by atoms with Crippen molar-refractivity contribution in [3.63, 3.8) is 0 Å². The number of carbonyl (C=O) groups is 1.